The summed E-state index contributed by atoms with van der Waals surface area (Å²) in [6.45, 7) is 0.517. The van der Waals surface area contributed by atoms with Gasteiger partial charge in [-0.05, 0) is 36.4 Å². The van der Waals surface area contributed by atoms with Gasteiger partial charge >= 0.3 is 0 Å². The fourth-order valence-corrected chi connectivity index (χ4v) is 3.27. The molecule has 27 heavy (non-hydrogen) atoms. The maximum absolute atomic E-state index is 11.5. The summed E-state index contributed by atoms with van der Waals surface area (Å²) in [5.41, 5.74) is 2.72. The first-order chi connectivity index (χ1) is 13.0. The number of rotatable bonds is 6. The highest BCUT2D eigenvalue weighted by Gasteiger charge is 2.10. The van der Waals surface area contributed by atoms with Crippen LogP contribution in [0.1, 0.15) is 5.76 Å². The summed E-state index contributed by atoms with van der Waals surface area (Å²) in [6, 6.07) is 14.5. The Morgan fingerprint density at radius 3 is 2.81 bits per heavy atom. The number of nitrogens with one attached hydrogen (secondary N) is 2. The fraction of sp³-hybridized carbons (Fsp3) is 0.111. The Labute approximate surface area is 155 Å². The zero-order valence-corrected chi connectivity index (χ0v) is 15.3. The van der Waals surface area contributed by atoms with E-state index in [4.69, 9.17) is 4.42 Å². The Morgan fingerprint density at radius 2 is 2.04 bits per heavy atom. The average molecular weight is 383 g/mol. The number of fused-ring (bicyclic) bond motifs is 1. The quantitative estimate of drug-likeness (QED) is 0.531. The Morgan fingerprint density at radius 1 is 1.15 bits per heavy atom. The molecule has 0 fully saturated rings. The molecule has 0 bridgehead atoms. The van der Waals surface area contributed by atoms with Crippen molar-refractivity contribution < 1.29 is 12.8 Å². The Bertz CT molecular complexity index is 1180. The smallest absolute Gasteiger partial charge is 0.229 e. The molecule has 0 aliphatic rings. The Kier molecular flexibility index (Phi) is 4.28. The summed E-state index contributed by atoms with van der Waals surface area (Å²) in [5.74, 6) is 1.48. The van der Waals surface area contributed by atoms with Gasteiger partial charge in [-0.3, -0.25) is 4.72 Å². The van der Waals surface area contributed by atoms with Crippen LogP contribution in [0, 0.1) is 0 Å². The minimum absolute atomic E-state index is 0.483. The van der Waals surface area contributed by atoms with Crippen LogP contribution < -0.4 is 10.0 Å². The molecule has 9 heteroatoms. The Balaban J connectivity index is 1.66. The van der Waals surface area contributed by atoms with Crippen molar-refractivity contribution in [1.29, 1.82) is 0 Å². The van der Waals surface area contributed by atoms with Crippen molar-refractivity contribution in [1.82, 2.24) is 14.6 Å². The zero-order chi connectivity index (χ0) is 18.9. The molecule has 0 aliphatic carbocycles. The molecule has 1 aromatic carbocycles. The van der Waals surface area contributed by atoms with Crippen molar-refractivity contribution in [2.75, 3.05) is 16.3 Å². The topological polar surface area (TPSA) is 102 Å². The molecule has 0 radical (unpaired) electrons. The van der Waals surface area contributed by atoms with E-state index in [-0.39, 0.29) is 0 Å². The van der Waals surface area contributed by atoms with Crippen molar-refractivity contribution in [2.45, 2.75) is 6.54 Å². The average Bonchev–Trinajstić information content (AvgIpc) is 3.28. The second-order valence-corrected chi connectivity index (χ2v) is 7.77. The summed E-state index contributed by atoms with van der Waals surface area (Å²) >= 11 is 0. The lowest BCUT2D eigenvalue weighted by Gasteiger charge is -2.08. The molecule has 2 N–H and O–H groups in total. The van der Waals surface area contributed by atoms with Gasteiger partial charge in [0.15, 0.2) is 5.65 Å². The van der Waals surface area contributed by atoms with E-state index in [0.29, 0.717) is 23.7 Å². The van der Waals surface area contributed by atoms with Crippen molar-refractivity contribution in [3.63, 3.8) is 0 Å². The van der Waals surface area contributed by atoms with Crippen LogP contribution in [0.5, 0.6) is 0 Å². The van der Waals surface area contributed by atoms with Crippen LogP contribution in [-0.2, 0) is 16.6 Å². The van der Waals surface area contributed by atoms with E-state index in [1.807, 2.05) is 30.3 Å². The van der Waals surface area contributed by atoms with Crippen molar-refractivity contribution in [3.8, 4) is 11.3 Å². The second kappa shape index (κ2) is 6.76. The third kappa shape index (κ3) is 3.93. The van der Waals surface area contributed by atoms with Crippen molar-refractivity contribution in [3.05, 3.63) is 66.8 Å². The lowest BCUT2D eigenvalue weighted by Crippen LogP contribution is -2.09. The third-order valence-electron chi connectivity index (χ3n) is 3.85. The first-order valence-corrected chi connectivity index (χ1v) is 10.1. The van der Waals surface area contributed by atoms with Gasteiger partial charge < -0.3 is 9.73 Å². The number of aromatic nitrogens is 3. The third-order valence-corrected chi connectivity index (χ3v) is 4.45. The molecule has 0 spiro atoms. The highest BCUT2D eigenvalue weighted by atomic mass is 32.2. The van der Waals surface area contributed by atoms with Gasteiger partial charge in [-0.1, -0.05) is 12.1 Å². The van der Waals surface area contributed by atoms with Crippen LogP contribution in [0.15, 0.2) is 65.4 Å². The van der Waals surface area contributed by atoms with Crippen LogP contribution in [-0.4, -0.2) is 29.3 Å². The summed E-state index contributed by atoms with van der Waals surface area (Å²) in [5, 5.41) is 7.78. The SMILES string of the molecule is CS(=O)(=O)Nc1cccc(-c2cnc3ccc(NCc4ccco4)nn23)c1. The van der Waals surface area contributed by atoms with Gasteiger partial charge in [0.05, 0.1) is 31.0 Å². The van der Waals surface area contributed by atoms with Crippen LogP contribution >= 0.6 is 0 Å². The predicted octanol–water partition coefficient (Wildman–Crippen LogP) is 2.97. The molecule has 0 atom stereocenters. The minimum Gasteiger partial charge on any atom is -0.467 e. The van der Waals surface area contributed by atoms with E-state index in [2.05, 4.69) is 20.1 Å². The fourth-order valence-electron chi connectivity index (χ4n) is 2.71. The largest absolute Gasteiger partial charge is 0.467 e. The molecule has 0 saturated carbocycles. The molecule has 4 rings (SSSR count). The maximum atomic E-state index is 11.5. The standard InChI is InChI=1S/C18H17N5O3S/c1-27(24,25)22-14-5-2-4-13(10-14)16-12-20-18-8-7-17(21-23(16)18)19-11-15-6-3-9-26-15/h2-10,12,22H,11H2,1H3,(H,19,21). The number of furan rings is 1. The van der Waals surface area contributed by atoms with Gasteiger partial charge in [0.25, 0.3) is 0 Å². The number of hydrogen-bond donors (Lipinski definition) is 2. The molecule has 0 amide bonds. The minimum atomic E-state index is -3.35. The van der Waals surface area contributed by atoms with E-state index in [0.717, 1.165) is 23.3 Å². The van der Waals surface area contributed by atoms with Gasteiger partial charge in [-0.15, -0.1) is 5.10 Å². The van der Waals surface area contributed by atoms with Crippen molar-refractivity contribution in [2.24, 2.45) is 0 Å². The summed E-state index contributed by atoms with van der Waals surface area (Å²) < 4.78 is 32.4. The predicted molar refractivity (Wildman–Crippen MR) is 103 cm³/mol. The number of anilines is 2. The summed E-state index contributed by atoms with van der Waals surface area (Å²) in [4.78, 5) is 4.37. The molecule has 138 valence electrons. The van der Waals surface area contributed by atoms with Crippen LogP contribution in [0.3, 0.4) is 0 Å². The number of nitrogens with zero attached hydrogens (tertiary/aromatic N) is 3. The van der Waals surface area contributed by atoms with Gasteiger partial charge in [0.1, 0.15) is 11.6 Å². The monoisotopic (exact) mass is 383 g/mol. The molecule has 4 aromatic rings. The number of sulfonamides is 1. The number of benzene rings is 1. The van der Waals surface area contributed by atoms with Gasteiger partial charge in [0, 0.05) is 11.3 Å². The lowest BCUT2D eigenvalue weighted by molar-refractivity contribution is 0.517. The summed E-state index contributed by atoms with van der Waals surface area (Å²) in [7, 11) is -3.35. The number of hydrogen-bond acceptors (Lipinski definition) is 6. The molecule has 3 aromatic heterocycles. The maximum Gasteiger partial charge on any atom is 0.229 e. The zero-order valence-electron chi connectivity index (χ0n) is 14.5. The Hall–Kier alpha value is -3.33. The lowest BCUT2D eigenvalue weighted by atomic mass is 10.1. The van der Waals surface area contributed by atoms with E-state index >= 15 is 0 Å². The van der Waals surface area contributed by atoms with Gasteiger partial charge in [-0.2, -0.15) is 0 Å². The molecular weight excluding hydrogens is 366 g/mol. The molecular formula is C18H17N5O3S. The van der Waals surface area contributed by atoms with E-state index in [1.54, 1.807) is 35.2 Å². The molecule has 0 aliphatic heterocycles. The molecule has 0 unspecified atom stereocenters. The van der Waals surface area contributed by atoms with E-state index < -0.39 is 10.0 Å². The van der Waals surface area contributed by atoms with E-state index in [9.17, 15) is 8.42 Å². The van der Waals surface area contributed by atoms with Crippen LogP contribution in [0.25, 0.3) is 16.9 Å². The highest BCUT2D eigenvalue weighted by molar-refractivity contribution is 7.92. The van der Waals surface area contributed by atoms with Gasteiger partial charge in [0.2, 0.25) is 10.0 Å². The van der Waals surface area contributed by atoms with Crippen LogP contribution in [0.4, 0.5) is 11.5 Å². The van der Waals surface area contributed by atoms with E-state index in [1.165, 1.54) is 0 Å². The summed E-state index contributed by atoms with van der Waals surface area (Å²) in [6.07, 6.45) is 4.45. The highest BCUT2D eigenvalue weighted by Crippen LogP contribution is 2.24. The first kappa shape index (κ1) is 17.1. The van der Waals surface area contributed by atoms with Gasteiger partial charge in [-0.25, -0.2) is 17.9 Å². The molecule has 8 nitrogen and oxygen atoms in total. The number of imidazole rings is 1. The van der Waals surface area contributed by atoms with Crippen molar-refractivity contribution >= 4 is 27.2 Å². The normalized spacial score (nSPS) is 11.6. The first-order valence-electron chi connectivity index (χ1n) is 8.17. The molecule has 3 heterocycles. The molecule has 0 saturated heterocycles. The van der Waals surface area contributed by atoms with Crippen LogP contribution in [0.2, 0.25) is 0 Å². The second-order valence-electron chi connectivity index (χ2n) is 6.02.